The van der Waals surface area contributed by atoms with Crippen LogP contribution in [0.15, 0.2) is 18.3 Å². The van der Waals surface area contributed by atoms with Crippen molar-refractivity contribution in [1.82, 2.24) is 14.8 Å². The second kappa shape index (κ2) is 6.81. The summed E-state index contributed by atoms with van der Waals surface area (Å²) in [5, 5.41) is 11.6. The highest BCUT2D eigenvalue weighted by atomic mass is 35.5. The molecule has 5 nitrogen and oxygen atoms in total. The van der Waals surface area contributed by atoms with Gasteiger partial charge in [0.2, 0.25) is 0 Å². The zero-order valence-corrected chi connectivity index (χ0v) is 13.0. The van der Waals surface area contributed by atoms with Crippen molar-refractivity contribution in [2.24, 2.45) is 7.05 Å². The maximum absolute atomic E-state index is 6.14. The van der Waals surface area contributed by atoms with E-state index in [-0.39, 0.29) is 0 Å². The van der Waals surface area contributed by atoms with Gasteiger partial charge in [-0.3, -0.25) is 4.68 Å². The summed E-state index contributed by atoms with van der Waals surface area (Å²) in [4.78, 5) is 4.41. The summed E-state index contributed by atoms with van der Waals surface area (Å²) in [5.74, 6) is 1.24. The standard InChI is InChI=1S/C13H17Cl2N5/c1-3-5-16-12-10(14)7-11(15)13(18-12)17-8-9-4-6-20(2)19-9/h4,6-7H,3,5,8H2,1-2H3,(H2,16,17,18). The molecular weight excluding hydrogens is 297 g/mol. The lowest BCUT2D eigenvalue weighted by atomic mass is 10.4. The number of nitrogens with one attached hydrogen (secondary N) is 2. The fraction of sp³-hybridized carbons (Fsp3) is 0.385. The van der Waals surface area contributed by atoms with Gasteiger partial charge in [0.1, 0.15) is 11.6 Å². The first kappa shape index (κ1) is 14.9. The Morgan fingerprint density at radius 3 is 2.50 bits per heavy atom. The minimum absolute atomic E-state index is 0.493. The van der Waals surface area contributed by atoms with Gasteiger partial charge in [-0.05, 0) is 18.6 Å². The number of aromatic nitrogens is 3. The fourth-order valence-electron chi connectivity index (χ4n) is 1.69. The van der Waals surface area contributed by atoms with E-state index in [2.05, 4.69) is 27.6 Å². The quantitative estimate of drug-likeness (QED) is 0.856. The van der Waals surface area contributed by atoms with Crippen molar-refractivity contribution in [2.45, 2.75) is 19.9 Å². The van der Waals surface area contributed by atoms with Gasteiger partial charge in [-0.1, -0.05) is 30.1 Å². The Hall–Kier alpha value is -1.46. The van der Waals surface area contributed by atoms with Crippen LogP contribution >= 0.6 is 23.2 Å². The molecule has 0 amide bonds. The number of hydrogen-bond acceptors (Lipinski definition) is 4. The van der Waals surface area contributed by atoms with Gasteiger partial charge in [0.05, 0.1) is 22.3 Å². The van der Waals surface area contributed by atoms with E-state index >= 15 is 0 Å². The van der Waals surface area contributed by atoms with Gasteiger partial charge >= 0.3 is 0 Å². The zero-order valence-electron chi connectivity index (χ0n) is 11.5. The summed E-state index contributed by atoms with van der Waals surface area (Å²) in [5.41, 5.74) is 0.920. The summed E-state index contributed by atoms with van der Waals surface area (Å²) in [7, 11) is 1.88. The topological polar surface area (TPSA) is 54.8 Å². The molecule has 0 aliphatic heterocycles. The van der Waals surface area contributed by atoms with E-state index in [0.717, 1.165) is 18.7 Å². The molecule has 0 radical (unpaired) electrons. The molecule has 0 aliphatic carbocycles. The predicted octanol–water partition coefficient (Wildman–Crippen LogP) is 3.56. The molecule has 108 valence electrons. The van der Waals surface area contributed by atoms with Crippen LogP contribution in [-0.4, -0.2) is 21.3 Å². The third-order valence-electron chi connectivity index (χ3n) is 2.68. The molecule has 2 heterocycles. The molecule has 20 heavy (non-hydrogen) atoms. The maximum Gasteiger partial charge on any atom is 0.147 e. The number of nitrogens with zero attached hydrogens (tertiary/aromatic N) is 3. The lowest BCUT2D eigenvalue weighted by Crippen LogP contribution is -2.07. The van der Waals surface area contributed by atoms with Gasteiger partial charge in [-0.25, -0.2) is 4.98 Å². The van der Waals surface area contributed by atoms with Crippen molar-refractivity contribution in [3.05, 3.63) is 34.1 Å². The van der Waals surface area contributed by atoms with Crippen molar-refractivity contribution in [2.75, 3.05) is 17.2 Å². The minimum Gasteiger partial charge on any atom is -0.369 e. The third kappa shape index (κ3) is 3.77. The van der Waals surface area contributed by atoms with E-state index in [1.165, 1.54) is 0 Å². The Morgan fingerprint density at radius 2 is 1.90 bits per heavy atom. The van der Waals surface area contributed by atoms with Crippen molar-refractivity contribution < 1.29 is 0 Å². The fourth-order valence-corrected chi connectivity index (χ4v) is 2.18. The van der Waals surface area contributed by atoms with E-state index in [1.807, 2.05) is 19.3 Å². The van der Waals surface area contributed by atoms with Crippen LogP contribution in [0.2, 0.25) is 10.0 Å². The SMILES string of the molecule is CCCNc1nc(NCc2ccn(C)n2)c(Cl)cc1Cl. The molecule has 2 aromatic rings. The Kier molecular flexibility index (Phi) is 5.09. The minimum atomic E-state index is 0.493. The predicted molar refractivity (Wildman–Crippen MR) is 83.6 cm³/mol. The van der Waals surface area contributed by atoms with Gasteiger partial charge in [0.25, 0.3) is 0 Å². The van der Waals surface area contributed by atoms with Crippen LogP contribution in [-0.2, 0) is 13.6 Å². The number of halogens is 2. The molecule has 0 spiro atoms. The largest absolute Gasteiger partial charge is 0.369 e. The molecule has 0 saturated carbocycles. The Labute approximate surface area is 128 Å². The molecule has 7 heteroatoms. The third-order valence-corrected chi connectivity index (χ3v) is 3.25. The van der Waals surface area contributed by atoms with Crippen molar-refractivity contribution in [3.8, 4) is 0 Å². The highest BCUT2D eigenvalue weighted by Gasteiger charge is 2.09. The number of hydrogen-bond donors (Lipinski definition) is 2. The molecule has 2 N–H and O–H groups in total. The normalized spacial score (nSPS) is 10.6. The summed E-state index contributed by atoms with van der Waals surface area (Å²) in [6.07, 6.45) is 2.89. The average molecular weight is 314 g/mol. The van der Waals surface area contributed by atoms with Crippen LogP contribution in [0.3, 0.4) is 0 Å². The molecule has 0 unspecified atom stereocenters. The maximum atomic E-state index is 6.14. The summed E-state index contributed by atoms with van der Waals surface area (Å²) < 4.78 is 1.75. The van der Waals surface area contributed by atoms with Crippen LogP contribution in [0.5, 0.6) is 0 Å². The monoisotopic (exact) mass is 313 g/mol. The first-order chi connectivity index (χ1) is 9.60. The second-order valence-corrected chi connectivity index (χ2v) is 5.22. The van der Waals surface area contributed by atoms with E-state index < -0.39 is 0 Å². The van der Waals surface area contributed by atoms with Gasteiger partial charge in [-0.2, -0.15) is 5.10 Å². The molecule has 2 rings (SSSR count). The van der Waals surface area contributed by atoms with E-state index in [4.69, 9.17) is 23.2 Å². The average Bonchev–Trinajstić information content (AvgIpc) is 2.82. The first-order valence-corrected chi connectivity index (χ1v) is 7.18. The number of aryl methyl sites for hydroxylation is 1. The second-order valence-electron chi connectivity index (χ2n) is 4.41. The van der Waals surface area contributed by atoms with Gasteiger partial charge < -0.3 is 10.6 Å². The molecule has 0 aromatic carbocycles. The molecule has 0 fully saturated rings. The highest BCUT2D eigenvalue weighted by Crippen LogP contribution is 2.29. The lowest BCUT2D eigenvalue weighted by molar-refractivity contribution is 0.747. The number of pyridine rings is 1. The highest BCUT2D eigenvalue weighted by molar-refractivity contribution is 6.37. The van der Waals surface area contributed by atoms with Crippen LogP contribution in [0.4, 0.5) is 11.6 Å². The molecule has 0 bridgehead atoms. The number of rotatable bonds is 6. The van der Waals surface area contributed by atoms with Crippen LogP contribution in [0, 0.1) is 0 Å². The smallest absolute Gasteiger partial charge is 0.147 e. The van der Waals surface area contributed by atoms with Crippen molar-refractivity contribution in [1.29, 1.82) is 0 Å². The zero-order chi connectivity index (χ0) is 14.5. The van der Waals surface area contributed by atoms with E-state index in [0.29, 0.717) is 28.2 Å². The van der Waals surface area contributed by atoms with Crippen LogP contribution in [0.25, 0.3) is 0 Å². The van der Waals surface area contributed by atoms with Crippen molar-refractivity contribution >= 4 is 34.8 Å². The molecular formula is C13H17Cl2N5. The first-order valence-electron chi connectivity index (χ1n) is 6.42. The Morgan fingerprint density at radius 1 is 1.20 bits per heavy atom. The Bertz CT molecular complexity index is 582. The number of anilines is 2. The van der Waals surface area contributed by atoms with E-state index in [9.17, 15) is 0 Å². The van der Waals surface area contributed by atoms with Crippen LogP contribution in [0.1, 0.15) is 19.0 Å². The Balaban J connectivity index is 2.09. The van der Waals surface area contributed by atoms with Gasteiger partial charge in [0.15, 0.2) is 0 Å². The van der Waals surface area contributed by atoms with Crippen LogP contribution < -0.4 is 10.6 Å². The molecule has 2 aromatic heterocycles. The molecule has 0 saturated heterocycles. The van der Waals surface area contributed by atoms with Crippen molar-refractivity contribution in [3.63, 3.8) is 0 Å². The van der Waals surface area contributed by atoms with E-state index in [1.54, 1.807) is 10.7 Å². The summed E-state index contributed by atoms with van der Waals surface area (Å²) in [6.45, 7) is 3.45. The van der Waals surface area contributed by atoms with Gasteiger partial charge in [-0.15, -0.1) is 0 Å². The summed E-state index contributed by atoms with van der Waals surface area (Å²) in [6, 6.07) is 3.63. The lowest BCUT2D eigenvalue weighted by Gasteiger charge is -2.11. The summed E-state index contributed by atoms with van der Waals surface area (Å²) >= 11 is 12.2. The molecule has 0 aliphatic rings. The molecule has 0 atom stereocenters. The van der Waals surface area contributed by atoms with Gasteiger partial charge in [0, 0.05) is 19.8 Å².